The van der Waals surface area contributed by atoms with Crippen LogP contribution in [-0.4, -0.2) is 17.2 Å². The number of hydroxylamine groups is 1. The van der Waals surface area contributed by atoms with Crippen molar-refractivity contribution in [1.82, 2.24) is 10.5 Å². The molecule has 0 radical (unpaired) electrons. The summed E-state index contributed by atoms with van der Waals surface area (Å²) in [5.74, 6) is -0.486. The number of aromatic nitrogens is 1. The maximum absolute atomic E-state index is 11.7. The van der Waals surface area contributed by atoms with Gasteiger partial charge in [-0.1, -0.05) is 36.4 Å². The van der Waals surface area contributed by atoms with Gasteiger partial charge in [-0.15, -0.1) is 0 Å². The van der Waals surface area contributed by atoms with Crippen LogP contribution in [0.5, 0.6) is 0 Å². The van der Waals surface area contributed by atoms with E-state index >= 15 is 0 Å². The third kappa shape index (κ3) is 3.72. The molecule has 2 aromatic rings. The van der Waals surface area contributed by atoms with Crippen LogP contribution < -0.4 is 5.48 Å². The Morgan fingerprint density at radius 3 is 2.68 bits per heavy atom. The Kier molecular flexibility index (Phi) is 4.36. The summed E-state index contributed by atoms with van der Waals surface area (Å²) >= 11 is 0. The van der Waals surface area contributed by atoms with E-state index in [-0.39, 0.29) is 18.0 Å². The zero-order valence-electron chi connectivity index (χ0n) is 10.1. The van der Waals surface area contributed by atoms with E-state index in [4.69, 9.17) is 4.84 Å². The van der Waals surface area contributed by atoms with Crippen LogP contribution in [-0.2, 0) is 11.4 Å². The molecule has 1 heterocycles. The number of hydrogen-bond donors (Lipinski definition) is 1. The van der Waals surface area contributed by atoms with Crippen LogP contribution in [0, 0.1) is 0 Å². The number of rotatable bonds is 5. The van der Waals surface area contributed by atoms with E-state index in [9.17, 15) is 9.59 Å². The molecule has 19 heavy (non-hydrogen) atoms. The molecule has 0 aliphatic carbocycles. The standard InChI is InChI=1S/C14H12N2O3/c17-9-12-7-4-8-13(15-12)14(18)16-19-10-11-5-2-1-3-6-11/h1-9H,10H2,(H,16,18). The van der Waals surface area contributed by atoms with Gasteiger partial charge in [0, 0.05) is 0 Å². The van der Waals surface area contributed by atoms with Crippen LogP contribution in [0.3, 0.4) is 0 Å². The van der Waals surface area contributed by atoms with Gasteiger partial charge in [-0.3, -0.25) is 14.4 Å². The van der Waals surface area contributed by atoms with Crippen LogP contribution in [0.2, 0.25) is 0 Å². The molecular weight excluding hydrogens is 244 g/mol. The Labute approximate surface area is 110 Å². The van der Waals surface area contributed by atoms with Crippen molar-refractivity contribution in [2.45, 2.75) is 6.61 Å². The van der Waals surface area contributed by atoms with Crippen LogP contribution in [0.15, 0.2) is 48.5 Å². The molecule has 5 nitrogen and oxygen atoms in total. The molecule has 2 rings (SSSR count). The number of benzene rings is 1. The van der Waals surface area contributed by atoms with Crippen molar-refractivity contribution < 1.29 is 14.4 Å². The normalized spacial score (nSPS) is 9.89. The second kappa shape index (κ2) is 6.42. The summed E-state index contributed by atoms with van der Waals surface area (Å²) < 4.78 is 0. The van der Waals surface area contributed by atoms with Gasteiger partial charge in [0.2, 0.25) is 0 Å². The number of carbonyl (C=O) groups is 2. The van der Waals surface area contributed by atoms with E-state index in [1.807, 2.05) is 30.3 Å². The molecule has 0 saturated heterocycles. The molecule has 1 aromatic carbocycles. The average Bonchev–Trinajstić information content (AvgIpc) is 2.48. The van der Waals surface area contributed by atoms with Crippen molar-refractivity contribution in [3.8, 4) is 0 Å². The summed E-state index contributed by atoms with van der Waals surface area (Å²) in [4.78, 5) is 31.2. The van der Waals surface area contributed by atoms with Crippen LogP contribution in [0.1, 0.15) is 26.5 Å². The lowest BCUT2D eigenvalue weighted by Crippen LogP contribution is -2.24. The fourth-order valence-electron chi connectivity index (χ4n) is 1.46. The maximum Gasteiger partial charge on any atom is 0.293 e. The highest BCUT2D eigenvalue weighted by Crippen LogP contribution is 2.00. The Hall–Kier alpha value is -2.53. The van der Waals surface area contributed by atoms with Gasteiger partial charge in [-0.25, -0.2) is 10.5 Å². The molecule has 0 bridgehead atoms. The monoisotopic (exact) mass is 256 g/mol. The summed E-state index contributed by atoms with van der Waals surface area (Å²) in [7, 11) is 0. The molecule has 0 atom stereocenters. The lowest BCUT2D eigenvalue weighted by molar-refractivity contribution is 0.0229. The minimum Gasteiger partial charge on any atom is -0.296 e. The van der Waals surface area contributed by atoms with E-state index in [0.717, 1.165) is 5.56 Å². The third-order valence-corrected chi connectivity index (χ3v) is 2.37. The second-order valence-corrected chi connectivity index (χ2v) is 3.77. The molecule has 0 fully saturated rings. The number of aldehydes is 1. The van der Waals surface area contributed by atoms with Crippen molar-refractivity contribution in [2.75, 3.05) is 0 Å². The molecule has 1 N–H and O–H groups in total. The topological polar surface area (TPSA) is 68.3 Å². The van der Waals surface area contributed by atoms with E-state index in [2.05, 4.69) is 10.5 Å². The number of nitrogens with one attached hydrogen (secondary N) is 1. The summed E-state index contributed by atoms with van der Waals surface area (Å²) in [6.07, 6.45) is 0.585. The second-order valence-electron chi connectivity index (χ2n) is 3.77. The molecule has 1 aromatic heterocycles. The maximum atomic E-state index is 11.7. The first-order chi connectivity index (χ1) is 9.29. The van der Waals surface area contributed by atoms with Gasteiger partial charge in [0.1, 0.15) is 11.4 Å². The Balaban J connectivity index is 1.89. The van der Waals surface area contributed by atoms with Gasteiger partial charge in [-0.05, 0) is 17.7 Å². The number of pyridine rings is 1. The highest BCUT2D eigenvalue weighted by atomic mass is 16.6. The van der Waals surface area contributed by atoms with Gasteiger partial charge < -0.3 is 0 Å². The van der Waals surface area contributed by atoms with Gasteiger partial charge in [0.05, 0.1) is 6.61 Å². The van der Waals surface area contributed by atoms with Gasteiger partial charge >= 0.3 is 0 Å². The van der Waals surface area contributed by atoms with Crippen molar-refractivity contribution in [1.29, 1.82) is 0 Å². The lowest BCUT2D eigenvalue weighted by Gasteiger charge is -2.05. The largest absolute Gasteiger partial charge is 0.296 e. The number of carbonyl (C=O) groups excluding carboxylic acids is 2. The molecule has 0 aliphatic heterocycles. The quantitative estimate of drug-likeness (QED) is 0.653. The van der Waals surface area contributed by atoms with E-state index in [1.165, 1.54) is 12.1 Å². The van der Waals surface area contributed by atoms with Crippen molar-refractivity contribution in [2.24, 2.45) is 0 Å². The van der Waals surface area contributed by atoms with Gasteiger partial charge in [-0.2, -0.15) is 0 Å². The highest BCUT2D eigenvalue weighted by Gasteiger charge is 2.07. The fraction of sp³-hybridized carbons (Fsp3) is 0.0714. The molecule has 96 valence electrons. The van der Waals surface area contributed by atoms with Gasteiger partial charge in [0.15, 0.2) is 6.29 Å². The first-order valence-electron chi connectivity index (χ1n) is 5.68. The van der Waals surface area contributed by atoms with Crippen LogP contribution >= 0.6 is 0 Å². The first kappa shape index (κ1) is 12.9. The zero-order chi connectivity index (χ0) is 13.5. The lowest BCUT2D eigenvalue weighted by atomic mass is 10.2. The number of nitrogens with zero attached hydrogens (tertiary/aromatic N) is 1. The molecule has 5 heteroatoms. The van der Waals surface area contributed by atoms with Gasteiger partial charge in [0.25, 0.3) is 5.91 Å². The van der Waals surface area contributed by atoms with E-state index < -0.39 is 5.91 Å². The number of hydrogen-bond acceptors (Lipinski definition) is 4. The molecule has 0 spiro atoms. The Morgan fingerprint density at radius 2 is 1.95 bits per heavy atom. The fourth-order valence-corrected chi connectivity index (χ4v) is 1.46. The molecule has 0 aliphatic rings. The minimum atomic E-state index is -0.486. The molecular formula is C14H12N2O3. The first-order valence-corrected chi connectivity index (χ1v) is 5.68. The minimum absolute atomic E-state index is 0.137. The predicted octanol–water partition coefficient (Wildman–Crippen LogP) is 1.76. The van der Waals surface area contributed by atoms with Crippen LogP contribution in [0.4, 0.5) is 0 Å². The zero-order valence-corrected chi connectivity index (χ0v) is 10.1. The average molecular weight is 256 g/mol. The van der Waals surface area contributed by atoms with E-state index in [0.29, 0.717) is 6.29 Å². The van der Waals surface area contributed by atoms with E-state index in [1.54, 1.807) is 6.07 Å². The summed E-state index contributed by atoms with van der Waals surface area (Å²) in [6, 6.07) is 14.1. The summed E-state index contributed by atoms with van der Waals surface area (Å²) in [5, 5.41) is 0. The van der Waals surface area contributed by atoms with Crippen molar-refractivity contribution >= 4 is 12.2 Å². The summed E-state index contributed by atoms with van der Waals surface area (Å²) in [5.41, 5.74) is 3.56. The smallest absolute Gasteiger partial charge is 0.293 e. The molecule has 0 saturated carbocycles. The highest BCUT2D eigenvalue weighted by molar-refractivity contribution is 5.92. The number of amides is 1. The summed E-state index contributed by atoms with van der Waals surface area (Å²) in [6.45, 7) is 0.264. The molecule has 1 amide bonds. The Morgan fingerprint density at radius 1 is 1.16 bits per heavy atom. The Bertz CT molecular complexity index is 570. The SMILES string of the molecule is O=Cc1cccc(C(=O)NOCc2ccccc2)n1. The van der Waals surface area contributed by atoms with Crippen molar-refractivity contribution in [3.63, 3.8) is 0 Å². The molecule has 0 unspecified atom stereocenters. The van der Waals surface area contributed by atoms with Crippen molar-refractivity contribution in [3.05, 3.63) is 65.5 Å². The predicted molar refractivity (Wildman–Crippen MR) is 68.3 cm³/mol. The van der Waals surface area contributed by atoms with Crippen LogP contribution in [0.25, 0.3) is 0 Å². The third-order valence-electron chi connectivity index (χ3n) is 2.37.